The van der Waals surface area contributed by atoms with Gasteiger partial charge in [0, 0.05) is 24.2 Å². The average Bonchev–Trinajstić information content (AvgIpc) is 2.55. The van der Waals surface area contributed by atoms with Crippen molar-refractivity contribution in [3.8, 4) is 0 Å². The highest BCUT2D eigenvalue weighted by Crippen LogP contribution is 2.16. The fourth-order valence-corrected chi connectivity index (χ4v) is 2.29. The zero-order valence-corrected chi connectivity index (χ0v) is 12.3. The SMILES string of the molecule is CC(=O)N(C=Cc1ccc2ccccc2n1)c1ccccc1. The number of rotatable bonds is 3. The predicted molar refractivity (Wildman–Crippen MR) is 90.4 cm³/mol. The number of benzene rings is 2. The van der Waals surface area contributed by atoms with E-state index >= 15 is 0 Å². The lowest BCUT2D eigenvalue weighted by Gasteiger charge is -2.16. The Kier molecular flexibility index (Phi) is 3.97. The lowest BCUT2D eigenvalue weighted by Crippen LogP contribution is -2.21. The summed E-state index contributed by atoms with van der Waals surface area (Å²) in [4.78, 5) is 18.0. The number of fused-ring (bicyclic) bond motifs is 1. The van der Waals surface area contributed by atoms with Gasteiger partial charge < -0.3 is 0 Å². The summed E-state index contributed by atoms with van der Waals surface area (Å²) in [5, 5.41) is 1.10. The Labute approximate surface area is 129 Å². The van der Waals surface area contributed by atoms with Crippen LogP contribution in [0.2, 0.25) is 0 Å². The van der Waals surface area contributed by atoms with Gasteiger partial charge in [0.1, 0.15) is 0 Å². The molecule has 0 aliphatic carbocycles. The highest BCUT2D eigenvalue weighted by molar-refractivity contribution is 5.94. The largest absolute Gasteiger partial charge is 0.288 e. The first-order valence-electron chi connectivity index (χ1n) is 7.13. The van der Waals surface area contributed by atoms with Crippen LogP contribution in [0.5, 0.6) is 0 Å². The molecular formula is C19H16N2O. The molecule has 0 radical (unpaired) electrons. The van der Waals surface area contributed by atoms with Gasteiger partial charge in [-0.1, -0.05) is 42.5 Å². The van der Waals surface area contributed by atoms with E-state index in [2.05, 4.69) is 4.98 Å². The summed E-state index contributed by atoms with van der Waals surface area (Å²) in [6.07, 6.45) is 3.61. The summed E-state index contributed by atoms with van der Waals surface area (Å²) in [5.74, 6) is -0.0387. The summed E-state index contributed by atoms with van der Waals surface area (Å²) in [7, 11) is 0. The fraction of sp³-hybridized carbons (Fsp3) is 0.0526. The molecule has 0 fully saturated rings. The number of carbonyl (C=O) groups is 1. The van der Waals surface area contributed by atoms with Crippen molar-refractivity contribution in [1.82, 2.24) is 4.98 Å². The molecule has 22 heavy (non-hydrogen) atoms. The predicted octanol–water partition coefficient (Wildman–Crippen LogP) is 4.26. The fourth-order valence-electron chi connectivity index (χ4n) is 2.29. The van der Waals surface area contributed by atoms with Crippen LogP contribution in [0.25, 0.3) is 17.0 Å². The summed E-state index contributed by atoms with van der Waals surface area (Å²) in [5.41, 5.74) is 2.60. The third-order valence-corrected chi connectivity index (χ3v) is 3.39. The third kappa shape index (κ3) is 3.04. The molecule has 0 bridgehead atoms. The maximum absolute atomic E-state index is 11.8. The molecule has 2 aromatic carbocycles. The van der Waals surface area contributed by atoms with E-state index in [9.17, 15) is 4.79 Å². The van der Waals surface area contributed by atoms with E-state index in [1.54, 1.807) is 18.0 Å². The number of pyridine rings is 1. The van der Waals surface area contributed by atoms with E-state index in [1.807, 2.05) is 72.8 Å². The minimum absolute atomic E-state index is 0.0387. The average molecular weight is 288 g/mol. The molecule has 0 saturated carbocycles. The molecule has 1 heterocycles. The quantitative estimate of drug-likeness (QED) is 0.721. The number of amides is 1. The molecule has 0 unspecified atom stereocenters. The van der Waals surface area contributed by atoms with E-state index in [0.717, 1.165) is 22.3 Å². The van der Waals surface area contributed by atoms with Gasteiger partial charge in [-0.3, -0.25) is 9.69 Å². The molecule has 0 aliphatic rings. The zero-order chi connectivity index (χ0) is 15.4. The summed E-state index contributed by atoms with van der Waals surface area (Å²) in [6, 6.07) is 21.5. The lowest BCUT2D eigenvalue weighted by atomic mass is 10.2. The molecule has 3 nitrogen and oxygen atoms in total. The standard InChI is InChI=1S/C19H16N2O/c1-15(22)21(18-8-3-2-4-9-18)14-13-17-12-11-16-7-5-6-10-19(16)20-17/h2-14H,1H3. The first-order chi connectivity index (χ1) is 10.7. The summed E-state index contributed by atoms with van der Waals surface area (Å²) < 4.78 is 0. The molecule has 0 saturated heterocycles. The van der Waals surface area contributed by atoms with Crippen molar-refractivity contribution in [1.29, 1.82) is 0 Å². The van der Waals surface area contributed by atoms with Gasteiger partial charge in [-0.15, -0.1) is 0 Å². The van der Waals surface area contributed by atoms with E-state index in [4.69, 9.17) is 0 Å². The second-order valence-corrected chi connectivity index (χ2v) is 4.97. The Bertz CT molecular complexity index is 825. The van der Waals surface area contributed by atoms with Crippen molar-refractivity contribution in [3.05, 3.63) is 78.6 Å². The second kappa shape index (κ2) is 6.22. The Morgan fingerprint density at radius 1 is 0.955 bits per heavy atom. The lowest BCUT2D eigenvalue weighted by molar-refractivity contribution is -0.115. The van der Waals surface area contributed by atoms with Crippen LogP contribution in [0.4, 0.5) is 5.69 Å². The third-order valence-electron chi connectivity index (χ3n) is 3.39. The normalized spacial score (nSPS) is 11.0. The van der Waals surface area contributed by atoms with Crippen LogP contribution in [0.1, 0.15) is 12.6 Å². The van der Waals surface area contributed by atoms with Crippen LogP contribution in [0, 0.1) is 0 Å². The highest BCUT2D eigenvalue weighted by atomic mass is 16.2. The smallest absolute Gasteiger partial charge is 0.227 e. The van der Waals surface area contributed by atoms with Crippen LogP contribution in [0.3, 0.4) is 0 Å². The van der Waals surface area contributed by atoms with Gasteiger partial charge in [-0.2, -0.15) is 0 Å². The number of carbonyl (C=O) groups excluding carboxylic acids is 1. The van der Waals surface area contributed by atoms with Crippen LogP contribution in [-0.4, -0.2) is 10.9 Å². The highest BCUT2D eigenvalue weighted by Gasteiger charge is 2.07. The first kappa shape index (κ1) is 14.0. The van der Waals surface area contributed by atoms with Gasteiger partial charge >= 0.3 is 0 Å². The number of aromatic nitrogens is 1. The molecular weight excluding hydrogens is 272 g/mol. The Morgan fingerprint density at radius 3 is 2.45 bits per heavy atom. The molecule has 0 atom stereocenters. The number of hydrogen-bond donors (Lipinski definition) is 0. The van der Waals surface area contributed by atoms with Crippen molar-refractivity contribution in [2.75, 3.05) is 4.90 Å². The monoisotopic (exact) mass is 288 g/mol. The van der Waals surface area contributed by atoms with Gasteiger partial charge in [-0.25, -0.2) is 4.98 Å². The van der Waals surface area contributed by atoms with Gasteiger partial charge in [0.2, 0.25) is 5.91 Å². The number of nitrogens with zero attached hydrogens (tertiary/aromatic N) is 2. The Morgan fingerprint density at radius 2 is 1.68 bits per heavy atom. The van der Waals surface area contributed by atoms with Gasteiger partial charge in [0.05, 0.1) is 11.2 Å². The Hall–Kier alpha value is -2.94. The number of anilines is 1. The van der Waals surface area contributed by atoms with Crippen molar-refractivity contribution in [3.63, 3.8) is 0 Å². The summed E-state index contributed by atoms with van der Waals surface area (Å²) in [6.45, 7) is 1.55. The molecule has 3 aromatic rings. The minimum atomic E-state index is -0.0387. The molecule has 0 spiro atoms. The maximum atomic E-state index is 11.8. The molecule has 1 aromatic heterocycles. The number of para-hydroxylation sites is 2. The van der Waals surface area contributed by atoms with Crippen molar-refractivity contribution >= 4 is 28.6 Å². The van der Waals surface area contributed by atoms with Gasteiger partial charge in [-0.05, 0) is 30.3 Å². The number of hydrogen-bond acceptors (Lipinski definition) is 2. The van der Waals surface area contributed by atoms with E-state index in [1.165, 1.54) is 0 Å². The Balaban J connectivity index is 1.91. The van der Waals surface area contributed by atoms with Crippen molar-refractivity contribution in [2.24, 2.45) is 0 Å². The first-order valence-corrected chi connectivity index (χ1v) is 7.13. The molecule has 3 heteroatoms. The van der Waals surface area contributed by atoms with Crippen LogP contribution in [0.15, 0.2) is 72.9 Å². The van der Waals surface area contributed by atoms with Gasteiger partial charge in [0.25, 0.3) is 0 Å². The van der Waals surface area contributed by atoms with Crippen molar-refractivity contribution in [2.45, 2.75) is 6.92 Å². The van der Waals surface area contributed by atoms with Crippen molar-refractivity contribution < 1.29 is 4.79 Å². The van der Waals surface area contributed by atoms with Gasteiger partial charge in [0.15, 0.2) is 0 Å². The summed E-state index contributed by atoms with van der Waals surface area (Å²) >= 11 is 0. The maximum Gasteiger partial charge on any atom is 0.227 e. The molecule has 1 amide bonds. The molecule has 0 aliphatic heterocycles. The van der Waals surface area contributed by atoms with Crippen LogP contribution >= 0.6 is 0 Å². The zero-order valence-electron chi connectivity index (χ0n) is 12.3. The topological polar surface area (TPSA) is 33.2 Å². The van der Waals surface area contributed by atoms with E-state index in [-0.39, 0.29) is 5.91 Å². The van der Waals surface area contributed by atoms with E-state index < -0.39 is 0 Å². The van der Waals surface area contributed by atoms with Crippen LogP contribution < -0.4 is 4.90 Å². The molecule has 3 rings (SSSR count). The second-order valence-electron chi connectivity index (χ2n) is 4.97. The van der Waals surface area contributed by atoms with E-state index in [0.29, 0.717) is 0 Å². The van der Waals surface area contributed by atoms with Crippen LogP contribution in [-0.2, 0) is 4.79 Å². The molecule has 0 N–H and O–H groups in total. The minimum Gasteiger partial charge on any atom is -0.288 e. The molecule has 108 valence electrons.